The minimum absolute atomic E-state index is 1.09. The summed E-state index contributed by atoms with van der Waals surface area (Å²) in [5, 5.41) is 0. The van der Waals surface area contributed by atoms with Gasteiger partial charge in [-0.3, -0.25) is 0 Å². The largest absolute Gasteiger partial charge is 0.367 e. The van der Waals surface area contributed by atoms with Gasteiger partial charge in [0.2, 0.25) is 0 Å². The van der Waals surface area contributed by atoms with Gasteiger partial charge in [0.05, 0.1) is 0 Å². The van der Waals surface area contributed by atoms with Crippen molar-refractivity contribution in [1.29, 1.82) is 0 Å². The molecular weight excluding hydrogens is 158 g/mol. The zero-order valence-corrected chi connectivity index (χ0v) is 7.38. The van der Waals surface area contributed by atoms with Crippen LogP contribution >= 0.6 is 0 Å². The molecule has 2 aromatic rings. The first-order chi connectivity index (χ1) is 6.43. The third-order valence-electron chi connectivity index (χ3n) is 2.81. The topological polar surface area (TPSA) is 15.8 Å². The van der Waals surface area contributed by atoms with Crippen molar-refractivity contribution in [2.24, 2.45) is 0 Å². The molecule has 1 nitrogen and oxygen atoms in total. The lowest BCUT2D eigenvalue weighted by Gasteiger charge is -2.15. The Morgan fingerprint density at radius 3 is 1.85 bits per heavy atom. The van der Waals surface area contributed by atoms with E-state index < -0.39 is 0 Å². The number of benzene rings is 1. The van der Waals surface area contributed by atoms with Crippen LogP contribution in [-0.2, 0) is 12.8 Å². The highest BCUT2D eigenvalue weighted by Crippen LogP contribution is 2.26. The zero-order chi connectivity index (χ0) is 8.67. The third kappa shape index (κ3) is 1.00. The minimum Gasteiger partial charge on any atom is -0.367 e. The summed E-state index contributed by atoms with van der Waals surface area (Å²) in [7, 11) is 0. The van der Waals surface area contributed by atoms with Gasteiger partial charge < -0.3 is 4.98 Å². The van der Waals surface area contributed by atoms with Crippen molar-refractivity contribution in [3.8, 4) is 0 Å². The molecule has 0 amide bonds. The highest BCUT2D eigenvalue weighted by atomic mass is 14.6. The van der Waals surface area contributed by atoms with Crippen molar-refractivity contribution in [3.05, 3.63) is 58.9 Å². The van der Waals surface area contributed by atoms with Crippen LogP contribution in [0.4, 0.5) is 0 Å². The van der Waals surface area contributed by atoms with Crippen molar-refractivity contribution in [2.45, 2.75) is 12.8 Å². The molecule has 3 rings (SSSR count). The molecule has 1 aromatic carbocycles. The molecule has 0 bridgehead atoms. The van der Waals surface area contributed by atoms with E-state index in [2.05, 4.69) is 41.6 Å². The molecular formula is C12H11N. The van der Waals surface area contributed by atoms with Crippen LogP contribution in [-0.4, -0.2) is 4.98 Å². The summed E-state index contributed by atoms with van der Waals surface area (Å²) in [6, 6.07) is 8.70. The van der Waals surface area contributed by atoms with Crippen molar-refractivity contribution >= 4 is 0 Å². The molecule has 13 heavy (non-hydrogen) atoms. The zero-order valence-electron chi connectivity index (χ0n) is 7.38. The van der Waals surface area contributed by atoms with E-state index in [0.29, 0.717) is 0 Å². The Bertz CT molecular complexity index is 400. The van der Waals surface area contributed by atoms with Gasteiger partial charge in [-0.05, 0) is 35.1 Å². The molecule has 1 aromatic heterocycles. The fourth-order valence-electron chi connectivity index (χ4n) is 2.07. The van der Waals surface area contributed by atoms with Crippen LogP contribution in [0.15, 0.2) is 36.7 Å². The summed E-state index contributed by atoms with van der Waals surface area (Å²) in [5.74, 6) is 0. The van der Waals surface area contributed by atoms with Crippen molar-refractivity contribution < 1.29 is 0 Å². The van der Waals surface area contributed by atoms with Crippen LogP contribution in [0.3, 0.4) is 0 Å². The summed E-state index contributed by atoms with van der Waals surface area (Å²) in [6.45, 7) is 0. The van der Waals surface area contributed by atoms with E-state index in [0.717, 1.165) is 12.8 Å². The monoisotopic (exact) mass is 169 g/mol. The molecule has 0 saturated heterocycles. The van der Waals surface area contributed by atoms with E-state index in [1.807, 2.05) is 0 Å². The Kier molecular flexibility index (Phi) is 1.33. The first-order valence-electron chi connectivity index (χ1n) is 4.65. The third-order valence-corrected chi connectivity index (χ3v) is 2.81. The van der Waals surface area contributed by atoms with Gasteiger partial charge in [0.25, 0.3) is 0 Å². The van der Waals surface area contributed by atoms with Gasteiger partial charge in [-0.15, -0.1) is 0 Å². The molecule has 0 radical (unpaired) electrons. The van der Waals surface area contributed by atoms with E-state index in [1.165, 1.54) is 22.3 Å². The molecule has 0 aliphatic heterocycles. The average Bonchev–Trinajstić information content (AvgIpc) is 2.61. The van der Waals surface area contributed by atoms with Crippen LogP contribution in [0.2, 0.25) is 0 Å². The lowest BCUT2D eigenvalue weighted by atomic mass is 9.89. The van der Waals surface area contributed by atoms with E-state index in [4.69, 9.17) is 0 Å². The fraction of sp³-hybridized carbons (Fsp3) is 0.167. The second kappa shape index (κ2) is 2.49. The predicted octanol–water partition coefficient (Wildman–Crippen LogP) is 2.51. The molecule has 0 spiro atoms. The van der Waals surface area contributed by atoms with Crippen LogP contribution in [0.25, 0.3) is 0 Å². The number of aromatic amines is 1. The van der Waals surface area contributed by atoms with Crippen LogP contribution in [0.5, 0.6) is 0 Å². The highest BCUT2D eigenvalue weighted by Gasteiger charge is 2.14. The van der Waals surface area contributed by atoms with Gasteiger partial charge in [-0.1, -0.05) is 24.3 Å². The maximum absolute atomic E-state index is 3.18. The lowest BCUT2D eigenvalue weighted by Crippen LogP contribution is -2.04. The van der Waals surface area contributed by atoms with E-state index in [9.17, 15) is 0 Å². The first-order valence-corrected chi connectivity index (χ1v) is 4.65. The number of rotatable bonds is 0. The van der Waals surface area contributed by atoms with Crippen LogP contribution < -0.4 is 0 Å². The average molecular weight is 169 g/mol. The smallest absolute Gasteiger partial charge is 0.00437 e. The molecule has 0 atom stereocenters. The quantitative estimate of drug-likeness (QED) is 0.532. The Morgan fingerprint density at radius 1 is 0.769 bits per heavy atom. The van der Waals surface area contributed by atoms with Crippen molar-refractivity contribution in [1.82, 2.24) is 4.98 Å². The molecule has 1 N–H and O–H groups in total. The number of aromatic nitrogens is 1. The maximum Gasteiger partial charge on any atom is 0.00437 e. The number of hydrogen-bond donors (Lipinski definition) is 1. The predicted molar refractivity (Wildman–Crippen MR) is 52.8 cm³/mol. The molecule has 64 valence electrons. The fourth-order valence-corrected chi connectivity index (χ4v) is 2.07. The number of fused-ring (bicyclic) bond motifs is 2. The van der Waals surface area contributed by atoms with Crippen LogP contribution in [0, 0.1) is 0 Å². The summed E-state index contributed by atoms with van der Waals surface area (Å²) in [4.78, 5) is 3.18. The molecule has 0 saturated carbocycles. The van der Waals surface area contributed by atoms with E-state index >= 15 is 0 Å². The summed E-state index contributed by atoms with van der Waals surface area (Å²) >= 11 is 0. The Labute approximate surface area is 77.4 Å². The molecule has 1 heteroatoms. The van der Waals surface area contributed by atoms with Crippen molar-refractivity contribution in [3.63, 3.8) is 0 Å². The maximum atomic E-state index is 3.18. The van der Waals surface area contributed by atoms with Gasteiger partial charge in [0.15, 0.2) is 0 Å². The molecule has 0 unspecified atom stereocenters. The Hall–Kier alpha value is -1.50. The van der Waals surface area contributed by atoms with Gasteiger partial charge >= 0.3 is 0 Å². The lowest BCUT2D eigenvalue weighted by molar-refractivity contribution is 1.02. The summed E-state index contributed by atoms with van der Waals surface area (Å²) in [5.41, 5.74) is 5.88. The number of H-pyrrole nitrogens is 1. The summed E-state index contributed by atoms with van der Waals surface area (Å²) < 4.78 is 0. The molecule has 1 aliphatic carbocycles. The van der Waals surface area contributed by atoms with Gasteiger partial charge in [0.1, 0.15) is 0 Å². The SMILES string of the molecule is c1ccc2c(c1)Cc1c[nH]cc1C2. The van der Waals surface area contributed by atoms with E-state index in [1.54, 1.807) is 0 Å². The van der Waals surface area contributed by atoms with Gasteiger partial charge in [0, 0.05) is 12.4 Å². The molecule has 1 heterocycles. The second-order valence-electron chi connectivity index (χ2n) is 3.63. The van der Waals surface area contributed by atoms with Gasteiger partial charge in [-0.25, -0.2) is 0 Å². The summed E-state index contributed by atoms with van der Waals surface area (Å²) in [6.07, 6.45) is 6.42. The number of hydrogen-bond acceptors (Lipinski definition) is 0. The Balaban J connectivity index is 2.14. The normalized spacial score (nSPS) is 13.5. The van der Waals surface area contributed by atoms with Crippen molar-refractivity contribution in [2.75, 3.05) is 0 Å². The second-order valence-corrected chi connectivity index (χ2v) is 3.63. The minimum atomic E-state index is 1.09. The van der Waals surface area contributed by atoms with E-state index in [-0.39, 0.29) is 0 Å². The molecule has 1 aliphatic rings. The Morgan fingerprint density at radius 2 is 1.31 bits per heavy atom. The highest BCUT2D eigenvalue weighted by molar-refractivity contribution is 5.43. The number of nitrogens with one attached hydrogen (secondary N) is 1. The molecule has 0 fully saturated rings. The standard InChI is InChI=1S/C12H11N/c1-2-4-10-6-12-8-13-7-11(12)5-9(10)3-1/h1-4,7-8,13H,5-6H2. The van der Waals surface area contributed by atoms with Crippen LogP contribution in [0.1, 0.15) is 22.3 Å². The van der Waals surface area contributed by atoms with Gasteiger partial charge in [-0.2, -0.15) is 0 Å². The first kappa shape index (κ1) is 6.96.